The van der Waals surface area contributed by atoms with E-state index in [1.807, 2.05) is 24.3 Å². The summed E-state index contributed by atoms with van der Waals surface area (Å²) in [6, 6.07) is 8.19. The van der Waals surface area contributed by atoms with Gasteiger partial charge in [-0.3, -0.25) is 4.90 Å². The van der Waals surface area contributed by atoms with Crippen molar-refractivity contribution in [3.63, 3.8) is 0 Å². The van der Waals surface area contributed by atoms with Crippen molar-refractivity contribution in [2.45, 2.75) is 19.0 Å². The fourth-order valence-corrected chi connectivity index (χ4v) is 2.71. The molecule has 1 atom stereocenters. The zero-order valence-electron chi connectivity index (χ0n) is 11.5. The number of hydrogen-bond donors (Lipinski definition) is 1. The van der Waals surface area contributed by atoms with Crippen molar-refractivity contribution in [2.75, 3.05) is 20.1 Å². The van der Waals surface area contributed by atoms with Gasteiger partial charge in [0, 0.05) is 23.2 Å². The second-order valence-corrected chi connectivity index (χ2v) is 5.63. The van der Waals surface area contributed by atoms with Crippen LogP contribution in [0, 0.1) is 0 Å². The van der Waals surface area contributed by atoms with E-state index in [9.17, 15) is 0 Å². The molecule has 1 N–H and O–H groups in total. The quantitative estimate of drug-likeness (QED) is 0.940. The highest BCUT2D eigenvalue weighted by Gasteiger charge is 2.20. The number of rotatable bonds is 4. The summed E-state index contributed by atoms with van der Waals surface area (Å²) < 4.78 is 5.82. The molecule has 4 nitrogen and oxygen atoms in total. The van der Waals surface area contributed by atoms with Crippen molar-refractivity contribution in [3.05, 3.63) is 41.4 Å². The van der Waals surface area contributed by atoms with Crippen LogP contribution in [0.4, 0.5) is 0 Å². The molecule has 0 saturated carbocycles. The van der Waals surface area contributed by atoms with E-state index >= 15 is 0 Å². The van der Waals surface area contributed by atoms with Gasteiger partial charge in [0.25, 0.3) is 0 Å². The molecule has 0 aliphatic carbocycles. The Morgan fingerprint density at radius 3 is 3.15 bits per heavy atom. The van der Waals surface area contributed by atoms with Crippen LogP contribution in [0.25, 0.3) is 11.3 Å². The molecule has 20 heavy (non-hydrogen) atoms. The lowest BCUT2D eigenvalue weighted by Gasteiger charge is -2.21. The number of halogens is 1. The molecular formula is C15H18ClN3O. The minimum absolute atomic E-state index is 0.566. The third-order valence-corrected chi connectivity index (χ3v) is 3.94. The molecule has 0 radical (unpaired) electrons. The summed E-state index contributed by atoms with van der Waals surface area (Å²) >= 11 is 5.99. The summed E-state index contributed by atoms with van der Waals surface area (Å²) in [6.07, 6.45) is 2.94. The SMILES string of the molecule is CN(Cc1ncc(-c2cccc(Cl)c2)o1)C1CCNC1. The molecule has 0 bridgehead atoms. The van der Waals surface area contributed by atoms with Crippen LogP contribution >= 0.6 is 11.6 Å². The lowest BCUT2D eigenvalue weighted by atomic mass is 10.2. The molecule has 3 rings (SSSR count). The van der Waals surface area contributed by atoms with Crippen molar-refractivity contribution in [3.8, 4) is 11.3 Å². The molecule has 1 aliphatic rings. The highest BCUT2D eigenvalue weighted by atomic mass is 35.5. The van der Waals surface area contributed by atoms with Gasteiger partial charge in [-0.25, -0.2) is 4.98 Å². The molecule has 106 valence electrons. The third kappa shape index (κ3) is 3.03. The van der Waals surface area contributed by atoms with Crippen LogP contribution in [-0.2, 0) is 6.54 Å². The van der Waals surface area contributed by atoms with Crippen molar-refractivity contribution in [1.82, 2.24) is 15.2 Å². The van der Waals surface area contributed by atoms with Gasteiger partial charge in [-0.1, -0.05) is 23.7 Å². The Kier molecular flexibility index (Phi) is 4.05. The van der Waals surface area contributed by atoms with Gasteiger partial charge in [-0.2, -0.15) is 0 Å². The van der Waals surface area contributed by atoms with E-state index in [-0.39, 0.29) is 0 Å². The highest BCUT2D eigenvalue weighted by Crippen LogP contribution is 2.24. The van der Waals surface area contributed by atoms with Crippen LogP contribution in [0.2, 0.25) is 5.02 Å². The van der Waals surface area contributed by atoms with Gasteiger partial charge >= 0.3 is 0 Å². The highest BCUT2D eigenvalue weighted by molar-refractivity contribution is 6.30. The average molecular weight is 292 g/mol. The maximum absolute atomic E-state index is 5.99. The third-order valence-electron chi connectivity index (χ3n) is 3.71. The Balaban J connectivity index is 1.70. The number of nitrogens with zero attached hydrogens (tertiary/aromatic N) is 2. The van der Waals surface area contributed by atoms with Crippen molar-refractivity contribution < 1.29 is 4.42 Å². The smallest absolute Gasteiger partial charge is 0.209 e. The summed E-state index contributed by atoms with van der Waals surface area (Å²) in [7, 11) is 2.11. The molecule has 1 saturated heterocycles. The van der Waals surface area contributed by atoms with Gasteiger partial charge in [0.1, 0.15) is 0 Å². The molecule has 1 aliphatic heterocycles. The molecule has 2 aromatic rings. The van der Waals surface area contributed by atoms with Crippen LogP contribution in [0.5, 0.6) is 0 Å². The Bertz CT molecular complexity index is 578. The van der Waals surface area contributed by atoms with Gasteiger partial charge in [0.05, 0.1) is 12.7 Å². The minimum atomic E-state index is 0.566. The Morgan fingerprint density at radius 1 is 1.50 bits per heavy atom. The number of hydrogen-bond acceptors (Lipinski definition) is 4. The number of nitrogens with one attached hydrogen (secondary N) is 1. The first-order valence-electron chi connectivity index (χ1n) is 6.84. The van der Waals surface area contributed by atoms with Crippen molar-refractivity contribution in [2.24, 2.45) is 0 Å². The lowest BCUT2D eigenvalue weighted by Crippen LogP contribution is -2.32. The van der Waals surface area contributed by atoms with E-state index in [2.05, 4.69) is 22.2 Å². The molecule has 2 heterocycles. The fourth-order valence-electron chi connectivity index (χ4n) is 2.52. The van der Waals surface area contributed by atoms with E-state index in [0.717, 1.165) is 36.8 Å². The normalized spacial score (nSPS) is 18.9. The monoisotopic (exact) mass is 291 g/mol. The molecule has 5 heteroatoms. The van der Waals surface area contributed by atoms with Gasteiger partial charge < -0.3 is 9.73 Å². The first-order valence-corrected chi connectivity index (χ1v) is 7.22. The topological polar surface area (TPSA) is 41.3 Å². The maximum atomic E-state index is 5.99. The molecule has 1 aromatic heterocycles. The summed E-state index contributed by atoms with van der Waals surface area (Å²) in [5.41, 5.74) is 0.960. The lowest BCUT2D eigenvalue weighted by molar-refractivity contribution is 0.226. The zero-order chi connectivity index (χ0) is 13.9. The van der Waals surface area contributed by atoms with Crippen LogP contribution in [0.15, 0.2) is 34.9 Å². The number of aromatic nitrogens is 1. The van der Waals surface area contributed by atoms with Crippen LogP contribution in [0.1, 0.15) is 12.3 Å². The standard InChI is InChI=1S/C15H18ClN3O/c1-19(13-5-6-17-8-13)10-15-18-9-14(20-15)11-3-2-4-12(16)7-11/h2-4,7,9,13,17H,5-6,8,10H2,1H3. The van der Waals surface area contributed by atoms with Gasteiger partial charge in [-0.05, 0) is 32.1 Å². The average Bonchev–Trinajstić information content (AvgIpc) is 3.10. The molecule has 1 aromatic carbocycles. The second kappa shape index (κ2) is 5.95. The van der Waals surface area contributed by atoms with E-state index < -0.39 is 0 Å². The number of oxazole rings is 1. The molecule has 0 spiro atoms. The molecule has 1 fully saturated rings. The fraction of sp³-hybridized carbons (Fsp3) is 0.400. The zero-order valence-corrected chi connectivity index (χ0v) is 12.2. The van der Waals surface area contributed by atoms with Gasteiger partial charge in [0.15, 0.2) is 5.76 Å². The van der Waals surface area contributed by atoms with Crippen molar-refractivity contribution in [1.29, 1.82) is 0 Å². The van der Waals surface area contributed by atoms with E-state index in [4.69, 9.17) is 16.0 Å². The largest absolute Gasteiger partial charge is 0.439 e. The molecule has 1 unspecified atom stereocenters. The van der Waals surface area contributed by atoms with Crippen LogP contribution in [0.3, 0.4) is 0 Å². The Morgan fingerprint density at radius 2 is 2.40 bits per heavy atom. The first kappa shape index (κ1) is 13.6. The van der Waals surface area contributed by atoms with Gasteiger partial charge in [-0.15, -0.1) is 0 Å². The summed E-state index contributed by atoms with van der Waals surface area (Å²) in [6.45, 7) is 2.86. The minimum Gasteiger partial charge on any atom is -0.439 e. The summed E-state index contributed by atoms with van der Waals surface area (Å²) in [5.74, 6) is 1.51. The predicted octanol–water partition coefficient (Wildman–Crippen LogP) is 2.79. The molecular weight excluding hydrogens is 274 g/mol. The summed E-state index contributed by atoms with van der Waals surface area (Å²) in [4.78, 5) is 6.65. The first-order chi connectivity index (χ1) is 9.72. The van der Waals surface area contributed by atoms with Crippen molar-refractivity contribution >= 4 is 11.6 Å². The Hall–Kier alpha value is -1.36. The molecule has 0 amide bonds. The van der Waals surface area contributed by atoms with Crippen LogP contribution in [-0.4, -0.2) is 36.1 Å². The van der Waals surface area contributed by atoms with E-state index in [0.29, 0.717) is 11.1 Å². The van der Waals surface area contributed by atoms with E-state index in [1.54, 1.807) is 6.20 Å². The predicted molar refractivity (Wildman–Crippen MR) is 79.7 cm³/mol. The van der Waals surface area contributed by atoms with E-state index in [1.165, 1.54) is 6.42 Å². The second-order valence-electron chi connectivity index (χ2n) is 5.19. The number of benzene rings is 1. The van der Waals surface area contributed by atoms with Crippen LogP contribution < -0.4 is 5.32 Å². The van der Waals surface area contributed by atoms with Gasteiger partial charge in [0.2, 0.25) is 5.89 Å². The maximum Gasteiger partial charge on any atom is 0.209 e. The Labute approximate surface area is 123 Å². The number of likely N-dealkylation sites (N-methyl/N-ethyl adjacent to an activating group) is 1. The summed E-state index contributed by atoms with van der Waals surface area (Å²) in [5, 5.41) is 4.07.